The number of carboxylic acid groups (broad SMARTS) is 1. The van der Waals surface area contributed by atoms with E-state index in [2.05, 4.69) is 15.2 Å². The summed E-state index contributed by atoms with van der Waals surface area (Å²) in [6.07, 6.45) is 6.26. The molecule has 2 fully saturated rings. The second kappa shape index (κ2) is 10.1. The van der Waals surface area contributed by atoms with Crippen molar-refractivity contribution in [2.75, 3.05) is 37.0 Å². The standard InChI is InChI=1S/C25H32N4O3/c1-32-15-12-17-10-13-29(14-11-17)21-16-20(25(30)31)28-24(27-19-8-3-2-4-9-19)22(21)23(26)18-6-5-7-18/h2-4,8-9,16-18,26H,5-7,10-15H2,1H3,(H,27,28)(H,30,31). The van der Waals surface area contributed by atoms with Crippen LogP contribution in [0.3, 0.4) is 0 Å². The Balaban J connectivity index is 1.71. The summed E-state index contributed by atoms with van der Waals surface area (Å²) >= 11 is 0. The quantitative estimate of drug-likeness (QED) is 0.482. The minimum absolute atomic E-state index is 0.00472. The third-order valence-electron chi connectivity index (χ3n) is 6.72. The molecule has 1 aromatic carbocycles. The van der Waals surface area contributed by atoms with E-state index in [1.54, 1.807) is 13.2 Å². The van der Waals surface area contributed by atoms with Crippen LogP contribution >= 0.6 is 0 Å². The molecule has 1 saturated heterocycles. The lowest BCUT2D eigenvalue weighted by Gasteiger charge is -2.36. The van der Waals surface area contributed by atoms with E-state index >= 15 is 0 Å². The van der Waals surface area contributed by atoms with Gasteiger partial charge in [0.1, 0.15) is 5.82 Å². The number of carboxylic acids is 1. The number of methoxy groups -OCH3 is 1. The van der Waals surface area contributed by atoms with Gasteiger partial charge in [0.15, 0.2) is 5.69 Å². The molecule has 2 heterocycles. The second-order valence-electron chi connectivity index (χ2n) is 8.80. The van der Waals surface area contributed by atoms with Gasteiger partial charge in [-0.3, -0.25) is 0 Å². The summed E-state index contributed by atoms with van der Waals surface area (Å²) in [7, 11) is 1.74. The van der Waals surface area contributed by atoms with E-state index in [0.29, 0.717) is 17.4 Å². The van der Waals surface area contributed by atoms with Crippen molar-refractivity contribution < 1.29 is 14.6 Å². The first kappa shape index (κ1) is 22.3. The summed E-state index contributed by atoms with van der Waals surface area (Å²) < 4.78 is 5.24. The molecule has 0 spiro atoms. The number of nitrogens with zero attached hydrogens (tertiary/aromatic N) is 2. The highest BCUT2D eigenvalue weighted by atomic mass is 16.5. The van der Waals surface area contributed by atoms with Crippen molar-refractivity contribution in [1.82, 2.24) is 4.98 Å². The Morgan fingerprint density at radius 2 is 1.94 bits per heavy atom. The van der Waals surface area contributed by atoms with Crippen molar-refractivity contribution in [2.45, 2.75) is 38.5 Å². The summed E-state index contributed by atoms with van der Waals surface area (Å²) in [5.41, 5.74) is 2.96. The van der Waals surface area contributed by atoms with Crippen LogP contribution in [0.4, 0.5) is 17.2 Å². The molecule has 2 aromatic rings. The van der Waals surface area contributed by atoms with Crippen LogP contribution in [-0.2, 0) is 4.74 Å². The Hall–Kier alpha value is -2.93. The molecule has 170 valence electrons. The molecule has 0 atom stereocenters. The molecular weight excluding hydrogens is 404 g/mol. The number of hydrogen-bond donors (Lipinski definition) is 3. The highest BCUT2D eigenvalue weighted by molar-refractivity contribution is 6.10. The number of rotatable bonds is 9. The van der Waals surface area contributed by atoms with Gasteiger partial charge in [-0.05, 0) is 56.2 Å². The molecule has 0 unspecified atom stereocenters. The Morgan fingerprint density at radius 3 is 2.53 bits per heavy atom. The van der Waals surface area contributed by atoms with Gasteiger partial charge in [-0.2, -0.15) is 0 Å². The lowest BCUT2D eigenvalue weighted by Crippen LogP contribution is -2.36. The van der Waals surface area contributed by atoms with Crippen molar-refractivity contribution in [3.63, 3.8) is 0 Å². The van der Waals surface area contributed by atoms with Crippen LogP contribution in [0.2, 0.25) is 0 Å². The van der Waals surface area contributed by atoms with E-state index in [-0.39, 0.29) is 11.6 Å². The predicted octanol–water partition coefficient (Wildman–Crippen LogP) is 4.94. The number of ether oxygens (including phenoxy) is 1. The van der Waals surface area contributed by atoms with E-state index in [1.807, 2.05) is 30.3 Å². The number of para-hydroxylation sites is 1. The van der Waals surface area contributed by atoms with Gasteiger partial charge in [-0.1, -0.05) is 24.6 Å². The summed E-state index contributed by atoms with van der Waals surface area (Å²) in [5, 5.41) is 22.1. The first-order valence-electron chi connectivity index (χ1n) is 11.5. The van der Waals surface area contributed by atoms with Crippen molar-refractivity contribution in [2.24, 2.45) is 11.8 Å². The van der Waals surface area contributed by atoms with Crippen molar-refractivity contribution in [3.8, 4) is 0 Å². The molecule has 32 heavy (non-hydrogen) atoms. The normalized spacial score (nSPS) is 17.1. The fourth-order valence-electron chi connectivity index (χ4n) is 4.55. The Kier molecular flexibility index (Phi) is 7.05. The van der Waals surface area contributed by atoms with E-state index in [0.717, 1.165) is 75.2 Å². The number of carbonyl (C=O) groups is 1. The van der Waals surface area contributed by atoms with Crippen molar-refractivity contribution in [1.29, 1.82) is 5.41 Å². The SMILES string of the molecule is COCCC1CCN(c2cc(C(=O)O)nc(Nc3ccccc3)c2C(=N)C2CCC2)CC1. The minimum Gasteiger partial charge on any atom is -0.477 e. The molecule has 0 radical (unpaired) electrons. The minimum atomic E-state index is -1.06. The Bertz CT molecular complexity index is 951. The van der Waals surface area contributed by atoms with Gasteiger partial charge >= 0.3 is 5.97 Å². The molecule has 1 saturated carbocycles. The van der Waals surface area contributed by atoms with E-state index < -0.39 is 5.97 Å². The molecule has 1 aliphatic heterocycles. The number of pyridine rings is 1. The molecule has 0 amide bonds. The van der Waals surface area contributed by atoms with Crippen molar-refractivity contribution in [3.05, 3.63) is 47.7 Å². The fraction of sp³-hybridized carbons (Fsp3) is 0.480. The zero-order valence-electron chi connectivity index (χ0n) is 18.6. The van der Waals surface area contributed by atoms with E-state index in [1.165, 1.54) is 0 Å². The number of anilines is 3. The van der Waals surface area contributed by atoms with Crippen LogP contribution in [-0.4, -0.2) is 48.6 Å². The Morgan fingerprint density at radius 1 is 1.22 bits per heavy atom. The molecule has 3 N–H and O–H groups in total. The number of piperidine rings is 1. The molecule has 0 bridgehead atoms. The van der Waals surface area contributed by atoms with E-state index in [4.69, 9.17) is 10.1 Å². The predicted molar refractivity (Wildman–Crippen MR) is 127 cm³/mol. The number of benzene rings is 1. The number of nitrogens with one attached hydrogen (secondary N) is 2. The number of aromatic nitrogens is 1. The molecular formula is C25H32N4O3. The maximum absolute atomic E-state index is 11.9. The zero-order valence-corrected chi connectivity index (χ0v) is 18.6. The highest BCUT2D eigenvalue weighted by Crippen LogP contribution is 2.38. The van der Waals surface area contributed by atoms with Crippen LogP contribution < -0.4 is 10.2 Å². The molecule has 1 aromatic heterocycles. The summed E-state index contributed by atoms with van der Waals surface area (Å²) in [4.78, 5) is 18.6. The lowest BCUT2D eigenvalue weighted by atomic mass is 9.79. The topological polar surface area (TPSA) is 98.5 Å². The van der Waals surface area contributed by atoms with Gasteiger partial charge in [0.25, 0.3) is 0 Å². The number of hydrogen-bond acceptors (Lipinski definition) is 6. The second-order valence-corrected chi connectivity index (χ2v) is 8.80. The molecule has 7 nitrogen and oxygen atoms in total. The van der Waals surface area contributed by atoms with Gasteiger partial charge in [0.2, 0.25) is 0 Å². The van der Waals surface area contributed by atoms with Crippen LogP contribution in [0.1, 0.15) is 54.6 Å². The molecule has 7 heteroatoms. The maximum Gasteiger partial charge on any atom is 0.354 e. The van der Waals surface area contributed by atoms with Gasteiger partial charge in [-0.25, -0.2) is 9.78 Å². The smallest absolute Gasteiger partial charge is 0.354 e. The summed E-state index contributed by atoms with van der Waals surface area (Å²) in [6.45, 7) is 2.45. The third kappa shape index (κ3) is 4.93. The van der Waals surface area contributed by atoms with Crippen molar-refractivity contribution >= 4 is 28.9 Å². The fourth-order valence-corrected chi connectivity index (χ4v) is 4.55. The van der Waals surface area contributed by atoms with Crippen LogP contribution in [0.25, 0.3) is 0 Å². The Labute approximate surface area is 189 Å². The largest absolute Gasteiger partial charge is 0.477 e. The maximum atomic E-state index is 11.9. The molecule has 4 rings (SSSR count). The third-order valence-corrected chi connectivity index (χ3v) is 6.72. The van der Waals surface area contributed by atoms with E-state index in [9.17, 15) is 9.90 Å². The van der Waals surface area contributed by atoms with Crippen LogP contribution in [0, 0.1) is 17.2 Å². The average molecular weight is 437 g/mol. The first-order chi connectivity index (χ1) is 15.6. The highest BCUT2D eigenvalue weighted by Gasteiger charge is 2.31. The van der Waals surface area contributed by atoms with Gasteiger partial charge in [0.05, 0.1) is 11.3 Å². The number of aromatic carboxylic acids is 1. The molecule has 1 aliphatic carbocycles. The average Bonchev–Trinajstić information content (AvgIpc) is 2.77. The van der Waals surface area contributed by atoms with Gasteiger partial charge in [0, 0.05) is 44.1 Å². The first-order valence-corrected chi connectivity index (χ1v) is 11.5. The lowest BCUT2D eigenvalue weighted by molar-refractivity contribution is 0.0690. The van der Waals surface area contributed by atoms with Gasteiger partial charge in [-0.15, -0.1) is 0 Å². The monoisotopic (exact) mass is 436 g/mol. The molecule has 2 aliphatic rings. The zero-order chi connectivity index (χ0) is 22.5. The summed E-state index contributed by atoms with van der Waals surface area (Å²) in [6, 6.07) is 11.3. The van der Waals surface area contributed by atoms with Crippen LogP contribution in [0.15, 0.2) is 36.4 Å². The summed E-state index contributed by atoms with van der Waals surface area (Å²) in [5.74, 6) is 0.230. The van der Waals surface area contributed by atoms with Crippen LogP contribution in [0.5, 0.6) is 0 Å². The van der Waals surface area contributed by atoms with Gasteiger partial charge < -0.3 is 25.5 Å².